The molecule has 2 aliphatic heterocycles. The van der Waals surface area contributed by atoms with Crippen LogP contribution < -0.4 is 0 Å². The van der Waals surface area contributed by atoms with Crippen molar-refractivity contribution in [2.24, 2.45) is 0 Å². The molecule has 118 valence electrons. The molecule has 1 unspecified atom stereocenters. The molecule has 0 radical (unpaired) electrons. The van der Waals surface area contributed by atoms with Crippen molar-refractivity contribution in [3.63, 3.8) is 0 Å². The standard InChI is InChI=1S/C15H15F2NO4/c1-21-18-6-4-15(5-7-18)13(19)12(14(20)22-15)10-8-9(16)2-3-11(10)17/h2-3,8,12H,4-7H2,1H3. The van der Waals surface area contributed by atoms with Gasteiger partial charge in [-0.2, -0.15) is 5.06 Å². The van der Waals surface area contributed by atoms with Crippen molar-refractivity contribution in [1.29, 1.82) is 0 Å². The van der Waals surface area contributed by atoms with Gasteiger partial charge in [0.05, 0.1) is 7.11 Å². The number of hydrogen-bond acceptors (Lipinski definition) is 5. The van der Waals surface area contributed by atoms with Gasteiger partial charge < -0.3 is 9.57 Å². The monoisotopic (exact) mass is 311 g/mol. The minimum atomic E-state index is -1.40. The van der Waals surface area contributed by atoms with Gasteiger partial charge in [0.15, 0.2) is 11.4 Å². The van der Waals surface area contributed by atoms with Gasteiger partial charge in [0.25, 0.3) is 0 Å². The van der Waals surface area contributed by atoms with E-state index in [0.29, 0.717) is 13.1 Å². The van der Waals surface area contributed by atoms with E-state index in [1.54, 1.807) is 5.06 Å². The first kappa shape index (κ1) is 15.1. The molecule has 0 aliphatic carbocycles. The number of halogens is 2. The number of nitrogens with zero attached hydrogens (tertiary/aromatic N) is 1. The minimum absolute atomic E-state index is 0.263. The summed E-state index contributed by atoms with van der Waals surface area (Å²) in [5.74, 6) is -4.21. The predicted molar refractivity (Wildman–Crippen MR) is 70.7 cm³/mol. The average molecular weight is 311 g/mol. The first-order valence-corrected chi connectivity index (χ1v) is 6.98. The van der Waals surface area contributed by atoms with Crippen LogP contribution in [-0.4, -0.2) is 42.6 Å². The van der Waals surface area contributed by atoms with Crippen LogP contribution in [0.2, 0.25) is 0 Å². The first-order chi connectivity index (χ1) is 10.5. The fourth-order valence-corrected chi connectivity index (χ4v) is 3.05. The largest absolute Gasteiger partial charge is 0.450 e. The molecule has 0 aromatic heterocycles. The summed E-state index contributed by atoms with van der Waals surface area (Å²) in [6.07, 6.45) is 0.553. The maximum atomic E-state index is 13.9. The molecule has 1 spiro atoms. The third-order valence-corrected chi connectivity index (χ3v) is 4.30. The van der Waals surface area contributed by atoms with Crippen LogP contribution in [-0.2, 0) is 19.2 Å². The number of carbonyl (C=O) groups excluding carboxylic acids is 2. The number of ketones is 1. The van der Waals surface area contributed by atoms with E-state index in [0.717, 1.165) is 18.2 Å². The highest BCUT2D eigenvalue weighted by atomic mass is 19.1. The number of piperidine rings is 1. The zero-order valence-electron chi connectivity index (χ0n) is 12.0. The highest BCUT2D eigenvalue weighted by molar-refractivity contribution is 6.13. The molecule has 2 heterocycles. The lowest BCUT2D eigenvalue weighted by molar-refractivity contribution is -0.184. The van der Waals surface area contributed by atoms with E-state index in [1.165, 1.54) is 7.11 Å². The first-order valence-electron chi connectivity index (χ1n) is 6.98. The van der Waals surface area contributed by atoms with Crippen molar-refractivity contribution in [1.82, 2.24) is 5.06 Å². The topological polar surface area (TPSA) is 55.8 Å². The van der Waals surface area contributed by atoms with E-state index >= 15 is 0 Å². The van der Waals surface area contributed by atoms with Crippen molar-refractivity contribution in [3.05, 3.63) is 35.4 Å². The van der Waals surface area contributed by atoms with Gasteiger partial charge in [-0.25, -0.2) is 8.78 Å². The zero-order valence-corrected chi connectivity index (χ0v) is 12.0. The Morgan fingerprint density at radius 2 is 1.95 bits per heavy atom. The van der Waals surface area contributed by atoms with E-state index < -0.39 is 34.9 Å². The van der Waals surface area contributed by atoms with E-state index in [9.17, 15) is 18.4 Å². The molecule has 0 amide bonds. The minimum Gasteiger partial charge on any atom is -0.450 e. The fourth-order valence-electron chi connectivity index (χ4n) is 3.05. The van der Waals surface area contributed by atoms with Crippen LogP contribution in [0.15, 0.2) is 18.2 Å². The summed E-state index contributed by atoms with van der Waals surface area (Å²) < 4.78 is 32.5. The molecule has 5 nitrogen and oxygen atoms in total. The predicted octanol–water partition coefficient (Wildman–Crippen LogP) is 1.57. The van der Waals surface area contributed by atoms with Crippen LogP contribution in [0, 0.1) is 11.6 Å². The molecule has 0 bridgehead atoms. The second-order valence-electron chi connectivity index (χ2n) is 5.49. The lowest BCUT2D eigenvalue weighted by Gasteiger charge is -2.35. The van der Waals surface area contributed by atoms with Crippen LogP contribution in [0.5, 0.6) is 0 Å². The molecular weight excluding hydrogens is 296 g/mol. The van der Waals surface area contributed by atoms with Crippen molar-refractivity contribution >= 4 is 11.8 Å². The van der Waals surface area contributed by atoms with Crippen molar-refractivity contribution < 1.29 is 27.9 Å². The highest BCUT2D eigenvalue weighted by Crippen LogP contribution is 2.41. The van der Waals surface area contributed by atoms with Gasteiger partial charge in [-0.15, -0.1) is 0 Å². The summed E-state index contributed by atoms with van der Waals surface area (Å²) in [6, 6.07) is 2.72. The maximum absolute atomic E-state index is 13.9. The summed E-state index contributed by atoms with van der Waals surface area (Å²) in [7, 11) is 1.52. The number of esters is 1. The van der Waals surface area contributed by atoms with E-state index in [-0.39, 0.29) is 18.4 Å². The van der Waals surface area contributed by atoms with Crippen LogP contribution in [0.1, 0.15) is 24.3 Å². The average Bonchev–Trinajstić information content (AvgIpc) is 2.74. The lowest BCUT2D eigenvalue weighted by Crippen LogP contribution is -2.48. The Kier molecular flexibility index (Phi) is 3.70. The molecule has 7 heteroatoms. The molecule has 1 aromatic rings. The Labute approximate surface area is 125 Å². The number of benzene rings is 1. The second kappa shape index (κ2) is 5.40. The number of hydrogen-bond donors (Lipinski definition) is 0. The van der Waals surface area contributed by atoms with Gasteiger partial charge in [0, 0.05) is 31.5 Å². The third-order valence-electron chi connectivity index (χ3n) is 4.30. The van der Waals surface area contributed by atoms with Gasteiger partial charge in [-0.3, -0.25) is 9.59 Å². The molecule has 0 N–H and O–H groups in total. The molecule has 3 rings (SSSR count). The van der Waals surface area contributed by atoms with E-state index in [2.05, 4.69) is 0 Å². The Hall–Kier alpha value is -1.86. The second-order valence-corrected chi connectivity index (χ2v) is 5.49. The van der Waals surface area contributed by atoms with E-state index in [4.69, 9.17) is 9.57 Å². The Morgan fingerprint density at radius 3 is 2.59 bits per heavy atom. The normalized spacial score (nSPS) is 24.8. The Balaban J connectivity index is 1.91. The maximum Gasteiger partial charge on any atom is 0.322 e. The number of rotatable bonds is 2. The van der Waals surface area contributed by atoms with Crippen LogP contribution in [0.25, 0.3) is 0 Å². The van der Waals surface area contributed by atoms with Gasteiger partial charge in [-0.1, -0.05) is 0 Å². The molecule has 1 aromatic carbocycles. The smallest absolute Gasteiger partial charge is 0.322 e. The molecule has 2 fully saturated rings. The molecule has 1 atom stereocenters. The molecule has 22 heavy (non-hydrogen) atoms. The molecule has 2 saturated heterocycles. The summed E-state index contributed by atoms with van der Waals surface area (Å²) in [5, 5.41) is 1.66. The summed E-state index contributed by atoms with van der Waals surface area (Å²) >= 11 is 0. The number of hydroxylamine groups is 2. The van der Waals surface area contributed by atoms with Crippen molar-refractivity contribution in [2.45, 2.75) is 24.4 Å². The van der Waals surface area contributed by atoms with Crippen molar-refractivity contribution in [2.75, 3.05) is 20.2 Å². The summed E-state index contributed by atoms with van der Waals surface area (Å²) in [6.45, 7) is 0.849. The fraction of sp³-hybridized carbons (Fsp3) is 0.467. The third kappa shape index (κ3) is 2.30. The number of ether oxygens (including phenoxy) is 1. The lowest BCUT2D eigenvalue weighted by atomic mass is 9.82. The SMILES string of the molecule is CON1CCC2(CC1)OC(=O)C(c1cc(F)ccc1F)C2=O. The van der Waals surface area contributed by atoms with Crippen LogP contribution in [0.3, 0.4) is 0 Å². The molecular formula is C15H15F2NO4. The van der Waals surface area contributed by atoms with Crippen LogP contribution >= 0.6 is 0 Å². The summed E-state index contributed by atoms with van der Waals surface area (Å²) in [5.41, 5.74) is -1.52. The number of Topliss-reactive ketones (excluding diaryl/α,β-unsaturated/α-hetero) is 1. The molecule has 0 saturated carbocycles. The summed E-state index contributed by atoms with van der Waals surface area (Å²) in [4.78, 5) is 29.8. The molecule has 2 aliphatic rings. The quantitative estimate of drug-likeness (QED) is 0.613. The Bertz CT molecular complexity index is 626. The highest BCUT2D eigenvalue weighted by Gasteiger charge is 2.57. The Morgan fingerprint density at radius 1 is 1.27 bits per heavy atom. The van der Waals surface area contributed by atoms with Gasteiger partial charge in [0.2, 0.25) is 0 Å². The number of carbonyl (C=O) groups is 2. The van der Waals surface area contributed by atoms with Gasteiger partial charge in [-0.05, 0) is 18.2 Å². The van der Waals surface area contributed by atoms with Gasteiger partial charge >= 0.3 is 5.97 Å². The van der Waals surface area contributed by atoms with Gasteiger partial charge in [0.1, 0.15) is 17.6 Å². The zero-order chi connectivity index (χ0) is 15.9. The van der Waals surface area contributed by atoms with Crippen LogP contribution in [0.4, 0.5) is 8.78 Å². The van der Waals surface area contributed by atoms with E-state index in [1.807, 2.05) is 0 Å². The van der Waals surface area contributed by atoms with Crippen molar-refractivity contribution in [3.8, 4) is 0 Å².